The van der Waals surface area contributed by atoms with Crippen molar-refractivity contribution in [2.24, 2.45) is 5.92 Å². The van der Waals surface area contributed by atoms with E-state index in [1.54, 1.807) is 6.20 Å². The van der Waals surface area contributed by atoms with Gasteiger partial charge in [0.15, 0.2) is 0 Å². The highest BCUT2D eigenvalue weighted by Crippen LogP contribution is 2.21. The van der Waals surface area contributed by atoms with Crippen LogP contribution < -0.4 is 4.74 Å². The van der Waals surface area contributed by atoms with E-state index in [1.165, 1.54) is 18.4 Å². The minimum Gasteiger partial charge on any atom is -0.487 e. The molecule has 0 N–H and O–H groups in total. The maximum atomic E-state index is 5.82. The normalized spacial score (nSPS) is 15.7. The highest BCUT2D eigenvalue weighted by Gasteiger charge is 2.19. The van der Waals surface area contributed by atoms with Crippen molar-refractivity contribution in [1.82, 2.24) is 19.4 Å². The van der Waals surface area contributed by atoms with Gasteiger partial charge < -0.3 is 9.30 Å². The van der Waals surface area contributed by atoms with Gasteiger partial charge in [-0.2, -0.15) is 0 Å². The summed E-state index contributed by atoms with van der Waals surface area (Å²) >= 11 is 0. The number of nitrogens with zero attached hydrogens (tertiary/aromatic N) is 4. The van der Waals surface area contributed by atoms with Crippen molar-refractivity contribution in [3.63, 3.8) is 0 Å². The first-order valence-electron chi connectivity index (χ1n) is 9.65. The van der Waals surface area contributed by atoms with E-state index in [2.05, 4.69) is 49.9 Å². The van der Waals surface area contributed by atoms with Crippen molar-refractivity contribution < 1.29 is 4.74 Å². The first-order valence-corrected chi connectivity index (χ1v) is 9.65. The number of pyridine rings is 1. The molecule has 0 amide bonds. The largest absolute Gasteiger partial charge is 0.487 e. The van der Waals surface area contributed by atoms with Gasteiger partial charge in [0.25, 0.3) is 0 Å². The van der Waals surface area contributed by atoms with E-state index in [-0.39, 0.29) is 0 Å². The summed E-state index contributed by atoms with van der Waals surface area (Å²) in [6, 6.07) is 14.3. The standard InChI is InChI=1S/C22H26N4O/c1-2-10-24-21(3-1)17-27-22-6-4-19(5-7-22)15-25-12-8-20(9-13-25)16-26-14-11-23-18-26/h1-7,10-11,14,18,20H,8-9,12-13,15-17H2. The van der Waals surface area contributed by atoms with Gasteiger partial charge in [-0.15, -0.1) is 0 Å². The molecule has 4 rings (SSSR count). The van der Waals surface area contributed by atoms with Crippen molar-refractivity contribution in [3.05, 3.63) is 78.6 Å². The molecule has 1 aliphatic heterocycles. The Morgan fingerprint density at radius 2 is 1.85 bits per heavy atom. The van der Waals surface area contributed by atoms with Gasteiger partial charge >= 0.3 is 0 Å². The van der Waals surface area contributed by atoms with E-state index in [4.69, 9.17) is 4.74 Å². The lowest BCUT2D eigenvalue weighted by molar-refractivity contribution is 0.167. The maximum absolute atomic E-state index is 5.82. The monoisotopic (exact) mass is 362 g/mol. The van der Waals surface area contributed by atoms with Crippen LogP contribution >= 0.6 is 0 Å². The van der Waals surface area contributed by atoms with Crippen LogP contribution in [0.15, 0.2) is 67.4 Å². The molecule has 0 saturated carbocycles. The second kappa shape index (κ2) is 8.82. The number of benzene rings is 1. The maximum Gasteiger partial charge on any atom is 0.130 e. The molecule has 0 bridgehead atoms. The van der Waals surface area contributed by atoms with Crippen LogP contribution in [-0.2, 0) is 19.7 Å². The zero-order valence-corrected chi connectivity index (χ0v) is 15.6. The third kappa shape index (κ3) is 5.17. The zero-order valence-electron chi connectivity index (χ0n) is 15.6. The van der Waals surface area contributed by atoms with Crippen LogP contribution in [0, 0.1) is 5.92 Å². The van der Waals surface area contributed by atoms with E-state index in [0.29, 0.717) is 6.61 Å². The lowest BCUT2D eigenvalue weighted by Crippen LogP contribution is -2.34. The Morgan fingerprint density at radius 1 is 1.00 bits per heavy atom. The predicted octanol–water partition coefficient (Wildman–Crippen LogP) is 3.77. The van der Waals surface area contributed by atoms with Gasteiger partial charge in [0.1, 0.15) is 12.4 Å². The molecule has 5 nitrogen and oxygen atoms in total. The predicted molar refractivity (Wildman–Crippen MR) is 105 cm³/mol. The summed E-state index contributed by atoms with van der Waals surface area (Å²) in [5.74, 6) is 1.65. The average molecular weight is 362 g/mol. The van der Waals surface area contributed by atoms with E-state index >= 15 is 0 Å². The van der Waals surface area contributed by atoms with Crippen LogP contribution in [0.3, 0.4) is 0 Å². The minimum atomic E-state index is 0.505. The van der Waals surface area contributed by atoms with Crippen molar-refractivity contribution in [2.45, 2.75) is 32.5 Å². The highest BCUT2D eigenvalue weighted by molar-refractivity contribution is 5.27. The first kappa shape index (κ1) is 17.7. The van der Waals surface area contributed by atoms with Gasteiger partial charge in [-0.25, -0.2) is 4.98 Å². The number of hydrogen-bond donors (Lipinski definition) is 0. The van der Waals surface area contributed by atoms with Gasteiger partial charge in [0, 0.05) is 31.7 Å². The average Bonchev–Trinajstić information content (AvgIpc) is 3.23. The SMILES string of the molecule is c1ccc(COc2ccc(CN3CCC(Cn4ccnc4)CC3)cc2)nc1. The molecule has 2 aromatic heterocycles. The fourth-order valence-electron chi connectivity index (χ4n) is 3.61. The Morgan fingerprint density at radius 3 is 2.56 bits per heavy atom. The number of rotatable bonds is 7. The lowest BCUT2D eigenvalue weighted by atomic mass is 9.96. The van der Waals surface area contributed by atoms with Gasteiger partial charge in [-0.3, -0.25) is 9.88 Å². The lowest BCUT2D eigenvalue weighted by Gasteiger charge is -2.32. The third-order valence-corrected chi connectivity index (χ3v) is 5.18. The van der Waals surface area contributed by atoms with Crippen molar-refractivity contribution >= 4 is 0 Å². The quantitative estimate of drug-likeness (QED) is 0.642. The number of aromatic nitrogens is 3. The summed E-state index contributed by atoms with van der Waals surface area (Å²) in [5.41, 5.74) is 2.29. The van der Waals surface area contributed by atoms with Gasteiger partial charge in [0.05, 0.1) is 12.0 Å². The molecule has 0 atom stereocenters. The molecule has 0 spiro atoms. The Kier molecular flexibility index (Phi) is 5.80. The van der Waals surface area contributed by atoms with Crippen molar-refractivity contribution in [1.29, 1.82) is 0 Å². The molecule has 1 saturated heterocycles. The van der Waals surface area contributed by atoms with Crippen LogP contribution in [0.25, 0.3) is 0 Å². The molecular weight excluding hydrogens is 336 g/mol. The molecular formula is C22H26N4O. The molecule has 140 valence electrons. The second-order valence-corrected chi connectivity index (χ2v) is 7.23. The van der Waals surface area contributed by atoms with Crippen LogP contribution in [-0.4, -0.2) is 32.5 Å². The van der Waals surface area contributed by atoms with Crippen molar-refractivity contribution in [2.75, 3.05) is 13.1 Å². The molecule has 27 heavy (non-hydrogen) atoms. The molecule has 0 radical (unpaired) electrons. The van der Waals surface area contributed by atoms with E-state index in [9.17, 15) is 0 Å². The van der Waals surface area contributed by atoms with E-state index in [1.807, 2.05) is 30.7 Å². The molecule has 1 fully saturated rings. The molecule has 1 aliphatic rings. The van der Waals surface area contributed by atoms with Crippen LogP contribution in [0.1, 0.15) is 24.1 Å². The topological polar surface area (TPSA) is 43.2 Å². The fraction of sp³-hybridized carbons (Fsp3) is 0.364. The molecule has 3 heterocycles. The second-order valence-electron chi connectivity index (χ2n) is 7.23. The summed E-state index contributed by atoms with van der Waals surface area (Å²) in [7, 11) is 0. The Hall–Kier alpha value is -2.66. The van der Waals surface area contributed by atoms with E-state index < -0.39 is 0 Å². The van der Waals surface area contributed by atoms with Gasteiger partial charge in [-0.1, -0.05) is 18.2 Å². The number of ether oxygens (including phenoxy) is 1. The number of piperidine rings is 1. The highest BCUT2D eigenvalue weighted by atomic mass is 16.5. The summed E-state index contributed by atoms with van der Waals surface area (Å²) < 4.78 is 8.02. The van der Waals surface area contributed by atoms with E-state index in [0.717, 1.165) is 43.5 Å². The van der Waals surface area contributed by atoms with Crippen LogP contribution in [0.5, 0.6) is 5.75 Å². The molecule has 0 aliphatic carbocycles. The molecule has 3 aromatic rings. The molecule has 0 unspecified atom stereocenters. The van der Waals surface area contributed by atoms with Gasteiger partial charge in [0.2, 0.25) is 0 Å². The Balaban J connectivity index is 1.22. The number of imidazole rings is 1. The minimum absolute atomic E-state index is 0.505. The first-order chi connectivity index (χ1) is 13.3. The molecule has 5 heteroatoms. The fourth-order valence-corrected chi connectivity index (χ4v) is 3.61. The molecule has 1 aromatic carbocycles. The Bertz CT molecular complexity index is 794. The van der Waals surface area contributed by atoms with Crippen molar-refractivity contribution in [3.8, 4) is 5.75 Å². The number of likely N-dealkylation sites (tertiary alicyclic amines) is 1. The summed E-state index contributed by atoms with van der Waals surface area (Å²) in [6.45, 7) is 4.94. The summed E-state index contributed by atoms with van der Waals surface area (Å²) in [5, 5.41) is 0. The summed E-state index contributed by atoms with van der Waals surface area (Å²) in [4.78, 5) is 11.0. The summed E-state index contributed by atoms with van der Waals surface area (Å²) in [6.07, 6.45) is 10.1. The van der Waals surface area contributed by atoms with Crippen LogP contribution in [0.2, 0.25) is 0 Å². The number of hydrogen-bond acceptors (Lipinski definition) is 4. The zero-order chi connectivity index (χ0) is 18.3. The Labute approximate surface area is 160 Å². The smallest absolute Gasteiger partial charge is 0.130 e. The third-order valence-electron chi connectivity index (χ3n) is 5.18. The van der Waals surface area contributed by atoms with Gasteiger partial charge in [-0.05, 0) is 61.7 Å². The van der Waals surface area contributed by atoms with Crippen LogP contribution in [0.4, 0.5) is 0 Å².